The quantitative estimate of drug-likeness (QED) is 0.781. The first kappa shape index (κ1) is 9.73. The van der Waals surface area contributed by atoms with Gasteiger partial charge in [0.2, 0.25) is 0 Å². The molecule has 1 aliphatic heterocycles. The second-order valence-corrected chi connectivity index (χ2v) is 5.07. The largest absolute Gasteiger partial charge is 0.381 e. The molecule has 0 saturated carbocycles. The summed E-state index contributed by atoms with van der Waals surface area (Å²) in [5, 5.41) is 9.23. The van der Waals surface area contributed by atoms with Crippen LogP contribution in [0.15, 0.2) is 35.7 Å². The highest BCUT2D eigenvalue weighted by molar-refractivity contribution is 7.10. The molecule has 2 aromatic rings. The summed E-state index contributed by atoms with van der Waals surface area (Å²) in [6.07, 6.45) is 0. The van der Waals surface area contributed by atoms with Crippen LogP contribution in [0.2, 0.25) is 0 Å². The van der Waals surface area contributed by atoms with E-state index in [1.54, 1.807) is 11.3 Å². The molecule has 2 N–H and O–H groups in total. The van der Waals surface area contributed by atoms with Gasteiger partial charge in [-0.3, -0.25) is 0 Å². The third-order valence-corrected chi connectivity index (χ3v) is 3.96. The second-order valence-electron chi connectivity index (χ2n) is 4.09. The predicted octanol–water partition coefficient (Wildman–Crippen LogP) is 3.64. The minimum atomic E-state index is 0.397. The van der Waals surface area contributed by atoms with Crippen LogP contribution in [-0.4, -0.2) is 6.54 Å². The van der Waals surface area contributed by atoms with Crippen molar-refractivity contribution in [1.29, 1.82) is 0 Å². The van der Waals surface area contributed by atoms with Crippen molar-refractivity contribution in [3.8, 4) is 0 Å². The monoisotopic (exact) mass is 230 g/mol. The van der Waals surface area contributed by atoms with Crippen molar-refractivity contribution in [2.24, 2.45) is 0 Å². The van der Waals surface area contributed by atoms with E-state index in [0.717, 1.165) is 6.54 Å². The summed E-state index contributed by atoms with van der Waals surface area (Å²) in [7, 11) is 0. The molecule has 3 heteroatoms. The van der Waals surface area contributed by atoms with Crippen LogP contribution < -0.4 is 10.6 Å². The molecule has 82 valence electrons. The summed E-state index contributed by atoms with van der Waals surface area (Å²) in [4.78, 5) is 1.39. The highest BCUT2D eigenvalue weighted by Gasteiger charge is 2.19. The summed E-state index contributed by atoms with van der Waals surface area (Å²) < 4.78 is 0. The van der Waals surface area contributed by atoms with Gasteiger partial charge in [-0.15, -0.1) is 11.3 Å². The number of benzene rings is 1. The average molecular weight is 230 g/mol. The van der Waals surface area contributed by atoms with Gasteiger partial charge < -0.3 is 10.6 Å². The van der Waals surface area contributed by atoms with Crippen LogP contribution in [0, 0.1) is 6.92 Å². The summed E-state index contributed by atoms with van der Waals surface area (Å²) in [5.41, 5.74) is 3.76. The van der Waals surface area contributed by atoms with Gasteiger partial charge in [-0.1, -0.05) is 18.2 Å². The summed E-state index contributed by atoms with van der Waals surface area (Å²) in [5.74, 6) is 0. The summed E-state index contributed by atoms with van der Waals surface area (Å²) >= 11 is 1.81. The van der Waals surface area contributed by atoms with Gasteiger partial charge in [-0.2, -0.15) is 0 Å². The van der Waals surface area contributed by atoms with Crippen molar-refractivity contribution in [3.63, 3.8) is 0 Å². The molecule has 0 spiro atoms. The molecule has 1 aromatic carbocycles. The zero-order chi connectivity index (χ0) is 11.0. The Labute approximate surface area is 99.3 Å². The Morgan fingerprint density at radius 1 is 1.25 bits per heavy atom. The Morgan fingerprint density at radius 2 is 2.19 bits per heavy atom. The lowest BCUT2D eigenvalue weighted by molar-refractivity contribution is 0.819. The minimum Gasteiger partial charge on any atom is -0.381 e. The van der Waals surface area contributed by atoms with Gasteiger partial charge in [-0.25, -0.2) is 0 Å². The van der Waals surface area contributed by atoms with E-state index in [1.165, 1.54) is 21.8 Å². The highest BCUT2D eigenvalue weighted by Crippen LogP contribution is 2.34. The topological polar surface area (TPSA) is 24.1 Å². The van der Waals surface area contributed by atoms with Crippen molar-refractivity contribution in [2.45, 2.75) is 13.0 Å². The van der Waals surface area contributed by atoms with Gasteiger partial charge in [0.15, 0.2) is 0 Å². The molecule has 2 nitrogen and oxygen atoms in total. The van der Waals surface area contributed by atoms with E-state index in [0.29, 0.717) is 6.04 Å². The number of hydrogen-bond acceptors (Lipinski definition) is 3. The van der Waals surface area contributed by atoms with E-state index in [9.17, 15) is 0 Å². The van der Waals surface area contributed by atoms with Crippen molar-refractivity contribution in [2.75, 3.05) is 17.2 Å². The number of anilines is 2. The maximum Gasteiger partial charge on any atom is 0.0779 e. The van der Waals surface area contributed by atoms with E-state index in [1.807, 2.05) is 0 Å². The Balaban J connectivity index is 1.92. The third-order valence-electron chi connectivity index (χ3n) is 2.97. The van der Waals surface area contributed by atoms with Crippen LogP contribution in [0.4, 0.5) is 11.4 Å². The number of nitrogens with one attached hydrogen (secondary N) is 2. The fraction of sp³-hybridized carbons (Fsp3) is 0.231. The summed E-state index contributed by atoms with van der Waals surface area (Å²) in [6, 6.07) is 11.1. The SMILES string of the molecule is Cc1cccc2c1NCC(c1cccs1)N2. The maximum absolute atomic E-state index is 3.59. The van der Waals surface area contributed by atoms with E-state index in [4.69, 9.17) is 0 Å². The van der Waals surface area contributed by atoms with E-state index < -0.39 is 0 Å². The zero-order valence-corrected chi connectivity index (χ0v) is 9.97. The molecule has 1 unspecified atom stereocenters. The number of rotatable bonds is 1. The van der Waals surface area contributed by atoms with Crippen LogP contribution in [0.1, 0.15) is 16.5 Å². The molecule has 0 saturated heterocycles. The second kappa shape index (κ2) is 3.83. The Bertz CT molecular complexity index is 491. The Kier molecular flexibility index (Phi) is 2.33. The van der Waals surface area contributed by atoms with Crippen LogP contribution in [0.3, 0.4) is 0 Å². The lowest BCUT2D eigenvalue weighted by Crippen LogP contribution is -2.25. The Morgan fingerprint density at radius 3 is 3.00 bits per heavy atom. The molecule has 0 radical (unpaired) electrons. The lowest BCUT2D eigenvalue weighted by atomic mass is 10.1. The molecule has 1 aromatic heterocycles. The van der Waals surface area contributed by atoms with Gasteiger partial charge in [0.05, 0.1) is 17.4 Å². The molecule has 0 amide bonds. The Hall–Kier alpha value is -1.48. The number of thiophene rings is 1. The molecule has 0 fully saturated rings. The molecule has 0 bridgehead atoms. The maximum atomic E-state index is 3.59. The molecule has 16 heavy (non-hydrogen) atoms. The lowest BCUT2D eigenvalue weighted by Gasteiger charge is -2.28. The third kappa shape index (κ3) is 1.57. The van der Waals surface area contributed by atoms with Gasteiger partial charge >= 0.3 is 0 Å². The molecular formula is C13H14N2S. The fourth-order valence-electron chi connectivity index (χ4n) is 2.13. The highest BCUT2D eigenvalue weighted by atomic mass is 32.1. The number of fused-ring (bicyclic) bond motifs is 1. The van der Waals surface area contributed by atoms with Gasteiger partial charge in [-0.05, 0) is 30.0 Å². The van der Waals surface area contributed by atoms with Crippen LogP contribution in [0.5, 0.6) is 0 Å². The molecule has 2 heterocycles. The van der Waals surface area contributed by atoms with Crippen LogP contribution in [0.25, 0.3) is 0 Å². The van der Waals surface area contributed by atoms with E-state index >= 15 is 0 Å². The van der Waals surface area contributed by atoms with Crippen molar-refractivity contribution < 1.29 is 0 Å². The van der Waals surface area contributed by atoms with Crippen LogP contribution >= 0.6 is 11.3 Å². The number of hydrogen-bond donors (Lipinski definition) is 2. The van der Waals surface area contributed by atoms with Gasteiger partial charge in [0.25, 0.3) is 0 Å². The molecular weight excluding hydrogens is 216 g/mol. The minimum absolute atomic E-state index is 0.397. The van der Waals surface area contributed by atoms with Crippen molar-refractivity contribution >= 4 is 22.7 Å². The number of para-hydroxylation sites is 1. The first-order chi connectivity index (χ1) is 7.84. The fourth-order valence-corrected chi connectivity index (χ4v) is 2.90. The smallest absolute Gasteiger partial charge is 0.0779 e. The normalized spacial score (nSPS) is 18.4. The molecule has 1 aliphatic rings. The average Bonchev–Trinajstić information content (AvgIpc) is 2.82. The standard InChI is InChI=1S/C13H14N2S/c1-9-4-2-5-10-13(9)14-8-11(15-10)12-6-3-7-16-12/h2-7,11,14-15H,8H2,1H3. The van der Waals surface area contributed by atoms with E-state index in [-0.39, 0.29) is 0 Å². The number of aryl methyl sites for hydroxylation is 1. The zero-order valence-electron chi connectivity index (χ0n) is 9.16. The van der Waals surface area contributed by atoms with Crippen molar-refractivity contribution in [1.82, 2.24) is 0 Å². The first-order valence-corrected chi connectivity index (χ1v) is 6.36. The summed E-state index contributed by atoms with van der Waals surface area (Å²) in [6.45, 7) is 3.09. The van der Waals surface area contributed by atoms with Gasteiger partial charge in [0, 0.05) is 11.4 Å². The van der Waals surface area contributed by atoms with Crippen molar-refractivity contribution in [3.05, 3.63) is 46.2 Å². The van der Waals surface area contributed by atoms with Gasteiger partial charge in [0.1, 0.15) is 0 Å². The first-order valence-electron chi connectivity index (χ1n) is 5.48. The molecule has 0 aliphatic carbocycles. The molecule has 1 atom stereocenters. The molecule has 3 rings (SSSR count). The van der Waals surface area contributed by atoms with E-state index in [2.05, 4.69) is 53.3 Å². The van der Waals surface area contributed by atoms with Crippen LogP contribution in [-0.2, 0) is 0 Å². The predicted molar refractivity (Wildman–Crippen MR) is 70.4 cm³/mol.